The van der Waals surface area contributed by atoms with Crippen LogP contribution >= 0.6 is 23.2 Å². The molecule has 0 saturated carbocycles. The molecule has 5 rings (SSSR count). The minimum Gasteiger partial charge on any atom is -0.331 e. The summed E-state index contributed by atoms with van der Waals surface area (Å²) in [6.45, 7) is 1.82. The van der Waals surface area contributed by atoms with E-state index in [1.807, 2.05) is 17.0 Å². The molecule has 172 valence electrons. The number of halogens is 5. The van der Waals surface area contributed by atoms with E-state index >= 15 is 0 Å². The van der Waals surface area contributed by atoms with Gasteiger partial charge >= 0.3 is 12.1 Å². The molecule has 2 aliphatic heterocycles. The Kier molecular flexibility index (Phi) is 5.58. The topological polar surface area (TPSA) is 71.3 Å². The number of carbonyl (C=O) groups excluding carboxylic acids is 1. The van der Waals surface area contributed by atoms with Gasteiger partial charge in [-0.15, -0.1) is 0 Å². The molecule has 0 unspecified atom stereocenters. The third kappa shape index (κ3) is 4.20. The Hall–Kier alpha value is -2.62. The van der Waals surface area contributed by atoms with Gasteiger partial charge in [-0.05, 0) is 48.4 Å². The fourth-order valence-electron chi connectivity index (χ4n) is 4.53. The number of benzene rings is 2. The van der Waals surface area contributed by atoms with Crippen molar-refractivity contribution in [2.24, 2.45) is 0 Å². The van der Waals surface area contributed by atoms with Gasteiger partial charge in [-0.25, -0.2) is 0 Å². The van der Waals surface area contributed by atoms with E-state index in [1.54, 1.807) is 18.2 Å². The highest BCUT2D eigenvalue weighted by atomic mass is 35.5. The zero-order chi connectivity index (χ0) is 23.3. The Labute approximate surface area is 196 Å². The Balaban J connectivity index is 1.44. The van der Waals surface area contributed by atoms with Crippen molar-refractivity contribution in [3.63, 3.8) is 0 Å². The van der Waals surface area contributed by atoms with E-state index in [0.717, 1.165) is 24.1 Å². The molecule has 1 aromatic heterocycles. The van der Waals surface area contributed by atoms with Crippen LogP contribution in [-0.4, -0.2) is 40.1 Å². The summed E-state index contributed by atoms with van der Waals surface area (Å²) in [4.78, 5) is 18.6. The van der Waals surface area contributed by atoms with Crippen LogP contribution in [0.25, 0.3) is 11.4 Å². The van der Waals surface area contributed by atoms with Crippen LogP contribution in [0.2, 0.25) is 10.0 Å². The minimum atomic E-state index is -4.73. The van der Waals surface area contributed by atoms with E-state index in [9.17, 15) is 18.0 Å². The van der Waals surface area contributed by atoms with Gasteiger partial charge in [-0.3, -0.25) is 4.79 Å². The van der Waals surface area contributed by atoms with E-state index < -0.39 is 12.1 Å². The lowest BCUT2D eigenvalue weighted by Gasteiger charge is -2.38. The summed E-state index contributed by atoms with van der Waals surface area (Å²) in [5, 5.41) is 7.84. The number of alkyl halides is 3. The summed E-state index contributed by atoms with van der Waals surface area (Å²) in [5.41, 5.74) is 2.45. The third-order valence-corrected chi connectivity index (χ3v) is 6.46. The van der Waals surface area contributed by atoms with E-state index in [1.165, 1.54) is 6.07 Å². The van der Waals surface area contributed by atoms with Crippen LogP contribution in [0.3, 0.4) is 0 Å². The lowest BCUT2D eigenvalue weighted by Crippen LogP contribution is -2.48. The smallest absolute Gasteiger partial charge is 0.331 e. The van der Waals surface area contributed by atoms with Gasteiger partial charge in [0, 0.05) is 46.2 Å². The Morgan fingerprint density at radius 2 is 1.88 bits per heavy atom. The van der Waals surface area contributed by atoms with Gasteiger partial charge in [0.05, 0.1) is 0 Å². The summed E-state index contributed by atoms with van der Waals surface area (Å²) < 4.78 is 42.7. The number of nitrogens with zero attached hydrogens (tertiary/aromatic N) is 3. The molecule has 33 heavy (non-hydrogen) atoms. The normalized spacial score (nSPS) is 20.9. The average Bonchev–Trinajstić information content (AvgIpc) is 3.38. The van der Waals surface area contributed by atoms with Crippen molar-refractivity contribution in [3.8, 4) is 11.4 Å². The molecule has 0 spiro atoms. The van der Waals surface area contributed by atoms with Gasteiger partial charge in [-0.2, -0.15) is 18.2 Å². The van der Waals surface area contributed by atoms with Crippen LogP contribution in [-0.2, 0) is 12.7 Å². The fraction of sp³-hybridized carbons (Fsp3) is 0.318. The van der Waals surface area contributed by atoms with Crippen molar-refractivity contribution in [1.29, 1.82) is 0 Å². The van der Waals surface area contributed by atoms with Crippen LogP contribution < -0.4 is 5.32 Å². The fourth-order valence-corrected chi connectivity index (χ4v) is 5.08. The van der Waals surface area contributed by atoms with Gasteiger partial charge < -0.3 is 14.7 Å². The standard InChI is InChI=1S/C22H17Cl2F3N4O2/c23-14-5-13(6-15(24)8-14)17-9-28-4-3-18(17)31-10-12-2-1-11(7-16(12)20(31)32)19-29-21(33-30-19)22(25,26)27/h1-2,5-8,17-18,28H,3-4,9-10H2/t17-,18+/m0/s1. The summed E-state index contributed by atoms with van der Waals surface area (Å²) in [6.07, 6.45) is -4.00. The average molecular weight is 497 g/mol. The first-order valence-corrected chi connectivity index (χ1v) is 11.0. The number of aromatic nitrogens is 2. The predicted molar refractivity (Wildman–Crippen MR) is 115 cm³/mol. The van der Waals surface area contributed by atoms with Gasteiger partial charge in [0.25, 0.3) is 5.91 Å². The zero-order valence-electron chi connectivity index (χ0n) is 17.0. The maximum atomic E-state index is 13.4. The molecule has 11 heteroatoms. The summed E-state index contributed by atoms with van der Waals surface area (Å²) in [7, 11) is 0. The van der Waals surface area contributed by atoms with Crippen LogP contribution in [0.4, 0.5) is 13.2 Å². The second-order valence-electron chi connectivity index (χ2n) is 8.10. The number of nitrogens with one attached hydrogen (secondary N) is 1. The number of rotatable bonds is 3. The van der Waals surface area contributed by atoms with E-state index in [4.69, 9.17) is 23.2 Å². The molecular weight excluding hydrogens is 480 g/mol. The monoisotopic (exact) mass is 496 g/mol. The number of hydrogen-bond acceptors (Lipinski definition) is 5. The number of hydrogen-bond donors (Lipinski definition) is 1. The Morgan fingerprint density at radius 3 is 2.58 bits per heavy atom. The van der Waals surface area contributed by atoms with Crippen molar-refractivity contribution >= 4 is 29.1 Å². The molecular formula is C22H17Cl2F3N4O2. The van der Waals surface area contributed by atoms with E-state index in [2.05, 4.69) is 20.0 Å². The molecule has 2 atom stereocenters. The number of amides is 1. The van der Waals surface area contributed by atoms with Gasteiger partial charge in [0.2, 0.25) is 5.82 Å². The summed E-state index contributed by atoms with van der Waals surface area (Å²) in [6, 6.07) is 10.1. The SMILES string of the molecule is O=C1c2cc(-c3noc(C(F)(F)F)n3)ccc2CN1[C@@H]1CCNC[C@H]1c1cc(Cl)cc(Cl)c1. The van der Waals surface area contributed by atoms with Gasteiger partial charge in [-0.1, -0.05) is 40.5 Å². The Morgan fingerprint density at radius 1 is 1.12 bits per heavy atom. The molecule has 6 nitrogen and oxygen atoms in total. The van der Waals surface area contributed by atoms with Crippen LogP contribution in [0.5, 0.6) is 0 Å². The highest BCUT2D eigenvalue weighted by Gasteiger charge is 2.40. The van der Waals surface area contributed by atoms with Crippen LogP contribution in [0.15, 0.2) is 40.9 Å². The molecule has 0 aliphatic carbocycles. The molecule has 1 amide bonds. The maximum Gasteiger partial charge on any atom is 0.471 e. The second-order valence-corrected chi connectivity index (χ2v) is 8.97. The second kappa shape index (κ2) is 8.30. The van der Waals surface area contributed by atoms with Gasteiger partial charge in [0.1, 0.15) is 0 Å². The lowest BCUT2D eigenvalue weighted by molar-refractivity contribution is -0.159. The quantitative estimate of drug-likeness (QED) is 0.541. The van der Waals surface area contributed by atoms with Crippen molar-refractivity contribution in [1.82, 2.24) is 20.4 Å². The predicted octanol–water partition coefficient (Wildman–Crippen LogP) is 5.16. The number of carbonyl (C=O) groups is 1. The molecule has 0 radical (unpaired) electrons. The Bertz CT molecular complexity index is 1210. The first kappa shape index (κ1) is 22.2. The molecule has 3 heterocycles. The lowest BCUT2D eigenvalue weighted by atomic mass is 9.86. The molecule has 2 aliphatic rings. The van der Waals surface area contributed by atoms with Crippen molar-refractivity contribution in [2.75, 3.05) is 13.1 Å². The molecule has 3 aromatic rings. The molecule has 2 aromatic carbocycles. The van der Waals surface area contributed by atoms with Crippen molar-refractivity contribution in [2.45, 2.75) is 31.1 Å². The van der Waals surface area contributed by atoms with Crippen molar-refractivity contribution in [3.05, 3.63) is 69.0 Å². The largest absolute Gasteiger partial charge is 0.471 e. The van der Waals surface area contributed by atoms with Crippen LogP contribution in [0, 0.1) is 0 Å². The first-order chi connectivity index (χ1) is 15.7. The molecule has 1 N–H and O–H groups in total. The zero-order valence-corrected chi connectivity index (χ0v) is 18.5. The summed E-state index contributed by atoms with van der Waals surface area (Å²) >= 11 is 12.4. The minimum absolute atomic E-state index is 0.0146. The molecule has 1 fully saturated rings. The third-order valence-electron chi connectivity index (χ3n) is 6.03. The maximum absolute atomic E-state index is 13.4. The number of piperidine rings is 1. The van der Waals surface area contributed by atoms with E-state index in [0.29, 0.717) is 28.7 Å². The molecule has 0 bridgehead atoms. The summed E-state index contributed by atoms with van der Waals surface area (Å²) in [5.74, 6) is -1.84. The highest BCUT2D eigenvalue weighted by molar-refractivity contribution is 6.34. The van der Waals surface area contributed by atoms with Gasteiger partial charge in [0.15, 0.2) is 0 Å². The molecule has 1 saturated heterocycles. The number of fused-ring (bicyclic) bond motifs is 1. The van der Waals surface area contributed by atoms with E-state index in [-0.39, 0.29) is 29.3 Å². The van der Waals surface area contributed by atoms with Crippen molar-refractivity contribution < 1.29 is 22.5 Å². The van der Waals surface area contributed by atoms with Crippen LogP contribution in [0.1, 0.15) is 39.7 Å². The first-order valence-electron chi connectivity index (χ1n) is 10.2. The highest BCUT2D eigenvalue weighted by Crippen LogP contribution is 2.37.